The van der Waals surface area contributed by atoms with Crippen LogP contribution in [0.4, 0.5) is 11.8 Å². The number of rotatable bonds is 2. The van der Waals surface area contributed by atoms with E-state index >= 15 is 0 Å². The Morgan fingerprint density at radius 2 is 1.89 bits per heavy atom. The maximum atomic E-state index is 5.89. The number of hydrogen-bond donors (Lipinski definition) is 2. The van der Waals surface area contributed by atoms with Crippen LogP contribution >= 0.6 is 0 Å². The monoisotopic (exact) mass is 255 g/mol. The predicted molar refractivity (Wildman–Crippen MR) is 75.1 cm³/mol. The summed E-state index contributed by atoms with van der Waals surface area (Å²) in [5.74, 6) is 0.791. The highest BCUT2D eigenvalue weighted by atomic mass is 15.2. The lowest BCUT2D eigenvalue weighted by Crippen LogP contribution is -2.31. The Kier molecular flexibility index (Phi) is 3.05. The fourth-order valence-electron chi connectivity index (χ4n) is 2.51. The van der Waals surface area contributed by atoms with E-state index < -0.39 is 0 Å². The Balaban J connectivity index is 1.79. The van der Waals surface area contributed by atoms with E-state index in [2.05, 4.69) is 39.1 Å². The number of fused-ring (bicyclic) bond motifs is 1. The number of nitrogens with zero attached hydrogens (tertiary/aromatic N) is 3. The third-order valence-corrected chi connectivity index (χ3v) is 3.44. The van der Waals surface area contributed by atoms with Gasteiger partial charge in [0.1, 0.15) is 5.82 Å². The SMILES string of the molecule is Nc1nc(N)c2c(n1)CN(Cc1ccccc1)CC2. The fraction of sp³-hybridized carbons (Fsp3) is 0.286. The molecule has 0 atom stereocenters. The summed E-state index contributed by atoms with van der Waals surface area (Å²) >= 11 is 0. The Bertz CT molecular complexity index is 582. The van der Waals surface area contributed by atoms with Gasteiger partial charge in [0.15, 0.2) is 0 Å². The van der Waals surface area contributed by atoms with Crippen LogP contribution in [0.1, 0.15) is 16.8 Å². The molecule has 0 bridgehead atoms. The maximum absolute atomic E-state index is 5.89. The van der Waals surface area contributed by atoms with E-state index in [9.17, 15) is 0 Å². The average Bonchev–Trinajstić information content (AvgIpc) is 2.39. The van der Waals surface area contributed by atoms with Crippen LogP contribution in [0, 0.1) is 0 Å². The summed E-state index contributed by atoms with van der Waals surface area (Å²) in [6.07, 6.45) is 0.883. The molecule has 0 radical (unpaired) electrons. The molecule has 0 saturated heterocycles. The van der Waals surface area contributed by atoms with Gasteiger partial charge in [0.2, 0.25) is 5.95 Å². The standard InChI is InChI=1S/C14H17N5/c15-13-11-6-7-19(8-10-4-2-1-3-5-10)9-12(11)17-14(16)18-13/h1-5H,6-9H2,(H4,15,16,17,18). The molecule has 19 heavy (non-hydrogen) atoms. The van der Waals surface area contributed by atoms with Crippen LogP contribution in [0.5, 0.6) is 0 Å². The van der Waals surface area contributed by atoms with Crippen LogP contribution in [0.15, 0.2) is 30.3 Å². The Labute approximate surface area is 112 Å². The zero-order valence-electron chi connectivity index (χ0n) is 10.7. The lowest BCUT2D eigenvalue weighted by molar-refractivity contribution is 0.241. The normalized spacial score (nSPS) is 15.2. The van der Waals surface area contributed by atoms with Gasteiger partial charge < -0.3 is 11.5 Å². The van der Waals surface area contributed by atoms with Crippen molar-refractivity contribution in [3.63, 3.8) is 0 Å². The second kappa shape index (κ2) is 4.85. The first-order valence-electron chi connectivity index (χ1n) is 6.39. The molecule has 2 aromatic rings. The zero-order chi connectivity index (χ0) is 13.2. The number of hydrogen-bond acceptors (Lipinski definition) is 5. The second-order valence-corrected chi connectivity index (χ2v) is 4.84. The van der Waals surface area contributed by atoms with Crippen molar-refractivity contribution in [1.82, 2.24) is 14.9 Å². The van der Waals surface area contributed by atoms with Crippen LogP contribution in [0.2, 0.25) is 0 Å². The van der Waals surface area contributed by atoms with Gasteiger partial charge in [-0.3, -0.25) is 4.90 Å². The van der Waals surface area contributed by atoms with Crippen LogP contribution in [0.3, 0.4) is 0 Å². The molecule has 98 valence electrons. The summed E-state index contributed by atoms with van der Waals surface area (Å²) in [7, 11) is 0. The number of aromatic nitrogens is 2. The van der Waals surface area contributed by atoms with E-state index in [1.165, 1.54) is 5.56 Å². The van der Waals surface area contributed by atoms with Crippen molar-refractivity contribution in [1.29, 1.82) is 0 Å². The molecule has 1 aliphatic rings. The first-order valence-corrected chi connectivity index (χ1v) is 6.39. The van der Waals surface area contributed by atoms with Crippen LogP contribution in [-0.2, 0) is 19.5 Å². The maximum Gasteiger partial charge on any atom is 0.222 e. The zero-order valence-corrected chi connectivity index (χ0v) is 10.7. The molecule has 0 fully saturated rings. The van der Waals surface area contributed by atoms with Crippen molar-refractivity contribution >= 4 is 11.8 Å². The minimum absolute atomic E-state index is 0.262. The average molecular weight is 255 g/mol. The lowest BCUT2D eigenvalue weighted by atomic mass is 10.0. The molecular formula is C14H17N5. The Morgan fingerprint density at radius 1 is 1.11 bits per heavy atom. The summed E-state index contributed by atoms with van der Waals surface area (Å²) in [4.78, 5) is 10.7. The van der Waals surface area contributed by atoms with Crippen molar-refractivity contribution in [2.24, 2.45) is 0 Å². The number of anilines is 2. The Hall–Kier alpha value is -2.14. The summed E-state index contributed by atoms with van der Waals surface area (Å²) < 4.78 is 0. The van der Waals surface area contributed by atoms with Crippen LogP contribution < -0.4 is 11.5 Å². The molecule has 0 saturated carbocycles. The first-order chi connectivity index (χ1) is 9.22. The molecule has 0 unspecified atom stereocenters. The first kappa shape index (κ1) is 11.9. The quantitative estimate of drug-likeness (QED) is 0.842. The van der Waals surface area contributed by atoms with Crippen LogP contribution in [0.25, 0.3) is 0 Å². The van der Waals surface area contributed by atoms with Crippen molar-refractivity contribution in [2.45, 2.75) is 19.5 Å². The van der Waals surface area contributed by atoms with E-state index in [0.717, 1.165) is 37.3 Å². The van der Waals surface area contributed by atoms with Gasteiger partial charge in [-0.15, -0.1) is 0 Å². The fourth-order valence-corrected chi connectivity index (χ4v) is 2.51. The number of nitrogen functional groups attached to an aromatic ring is 2. The van der Waals surface area contributed by atoms with E-state index in [0.29, 0.717) is 5.82 Å². The lowest BCUT2D eigenvalue weighted by Gasteiger charge is -2.28. The van der Waals surface area contributed by atoms with Crippen molar-refractivity contribution in [2.75, 3.05) is 18.0 Å². The van der Waals surface area contributed by atoms with Gasteiger partial charge in [0.25, 0.3) is 0 Å². The topological polar surface area (TPSA) is 81.1 Å². The van der Waals surface area contributed by atoms with Gasteiger partial charge in [0.05, 0.1) is 5.69 Å². The highest BCUT2D eigenvalue weighted by Gasteiger charge is 2.20. The molecule has 0 spiro atoms. The molecule has 2 heterocycles. The Morgan fingerprint density at radius 3 is 2.68 bits per heavy atom. The minimum atomic E-state index is 0.262. The smallest absolute Gasteiger partial charge is 0.222 e. The molecule has 5 heteroatoms. The van der Waals surface area contributed by atoms with Gasteiger partial charge in [-0.25, -0.2) is 4.98 Å². The molecule has 1 aromatic heterocycles. The van der Waals surface area contributed by atoms with Gasteiger partial charge in [-0.1, -0.05) is 30.3 Å². The summed E-state index contributed by atoms with van der Waals surface area (Å²) in [6.45, 7) is 2.67. The molecule has 1 aromatic carbocycles. The van der Waals surface area contributed by atoms with Gasteiger partial charge in [-0.05, 0) is 12.0 Å². The molecule has 0 amide bonds. The number of nitrogens with two attached hydrogens (primary N) is 2. The molecule has 3 rings (SSSR count). The van der Waals surface area contributed by atoms with Crippen molar-refractivity contribution < 1.29 is 0 Å². The van der Waals surface area contributed by atoms with Crippen molar-refractivity contribution in [3.05, 3.63) is 47.2 Å². The van der Waals surface area contributed by atoms with Crippen LogP contribution in [-0.4, -0.2) is 21.4 Å². The summed E-state index contributed by atoms with van der Waals surface area (Å²) in [6, 6.07) is 10.4. The minimum Gasteiger partial charge on any atom is -0.383 e. The van der Waals surface area contributed by atoms with E-state index in [1.807, 2.05) is 6.07 Å². The van der Waals surface area contributed by atoms with E-state index in [4.69, 9.17) is 11.5 Å². The summed E-state index contributed by atoms with van der Waals surface area (Å²) in [5, 5.41) is 0. The summed E-state index contributed by atoms with van der Waals surface area (Å²) in [5.41, 5.74) is 14.9. The highest BCUT2D eigenvalue weighted by molar-refractivity contribution is 5.46. The predicted octanol–water partition coefficient (Wildman–Crippen LogP) is 1.20. The highest BCUT2D eigenvalue weighted by Crippen LogP contribution is 2.23. The van der Waals surface area contributed by atoms with E-state index in [-0.39, 0.29) is 5.95 Å². The molecule has 1 aliphatic heterocycles. The van der Waals surface area contributed by atoms with Crippen molar-refractivity contribution in [3.8, 4) is 0 Å². The third kappa shape index (κ3) is 2.51. The van der Waals surface area contributed by atoms with Gasteiger partial charge in [0, 0.05) is 25.2 Å². The molecular weight excluding hydrogens is 238 g/mol. The van der Waals surface area contributed by atoms with Gasteiger partial charge in [-0.2, -0.15) is 4.98 Å². The molecule has 5 nitrogen and oxygen atoms in total. The molecule has 0 aliphatic carbocycles. The molecule has 4 N–H and O–H groups in total. The van der Waals surface area contributed by atoms with E-state index in [1.54, 1.807) is 0 Å². The third-order valence-electron chi connectivity index (χ3n) is 3.44. The largest absolute Gasteiger partial charge is 0.383 e. The number of benzene rings is 1. The second-order valence-electron chi connectivity index (χ2n) is 4.84. The van der Waals surface area contributed by atoms with Gasteiger partial charge >= 0.3 is 0 Å².